The molecule has 0 saturated carbocycles. The maximum Gasteiger partial charge on any atom is 0.273 e. The van der Waals surface area contributed by atoms with Crippen molar-refractivity contribution in [2.45, 2.75) is 25.0 Å². The number of carbonyl (C=O) groups is 1. The number of H-pyrrole nitrogens is 1. The van der Waals surface area contributed by atoms with Crippen molar-refractivity contribution in [3.05, 3.63) is 48.0 Å². The predicted molar refractivity (Wildman–Crippen MR) is 105 cm³/mol. The van der Waals surface area contributed by atoms with Crippen LogP contribution in [-0.2, 0) is 13.6 Å². The van der Waals surface area contributed by atoms with Crippen LogP contribution in [0.5, 0.6) is 0 Å². The lowest BCUT2D eigenvalue weighted by molar-refractivity contribution is 0.0937. The summed E-state index contributed by atoms with van der Waals surface area (Å²) in [5, 5.41) is 7.66. The van der Waals surface area contributed by atoms with Crippen LogP contribution in [0.2, 0.25) is 0 Å². The number of anilines is 1. The van der Waals surface area contributed by atoms with Crippen LogP contribution >= 0.6 is 12.6 Å². The van der Waals surface area contributed by atoms with Gasteiger partial charge in [-0.2, -0.15) is 0 Å². The highest BCUT2D eigenvalue weighted by molar-refractivity contribution is 7.81. The van der Waals surface area contributed by atoms with E-state index in [1.54, 1.807) is 0 Å². The smallest absolute Gasteiger partial charge is 0.273 e. The molecule has 2 unspecified atom stereocenters. The molecule has 3 heterocycles. The Balaban J connectivity index is 1.45. The highest BCUT2D eigenvalue weighted by Gasteiger charge is 2.31. The summed E-state index contributed by atoms with van der Waals surface area (Å²) in [6, 6.07) is 8.58. The highest BCUT2D eigenvalue weighted by atomic mass is 32.1. The Bertz CT molecular complexity index is 948. The lowest BCUT2D eigenvalue weighted by Gasteiger charge is -2.35. The minimum Gasteiger partial charge on any atom is -0.350 e. The summed E-state index contributed by atoms with van der Waals surface area (Å²) < 4.78 is 2.15. The molecule has 1 aromatic carbocycles. The molecule has 2 aromatic heterocycles. The minimum absolute atomic E-state index is 0.176. The molecule has 0 fully saturated rings. The Morgan fingerprint density at radius 1 is 1.38 bits per heavy atom. The number of thiol groups is 1. The molecule has 3 N–H and O–H groups in total. The largest absolute Gasteiger partial charge is 0.350 e. The summed E-state index contributed by atoms with van der Waals surface area (Å²) in [4.78, 5) is 21.1. The highest BCUT2D eigenvalue weighted by Crippen LogP contribution is 2.24. The normalized spacial score (nSPS) is 18.0. The zero-order valence-electron chi connectivity index (χ0n) is 14.7. The molecular weight excluding hydrogens is 348 g/mol. The van der Waals surface area contributed by atoms with E-state index in [1.165, 1.54) is 22.8 Å². The van der Waals surface area contributed by atoms with Gasteiger partial charge in [-0.15, -0.1) is 12.6 Å². The number of imidazole rings is 1. The number of aromatic nitrogens is 3. The third-order valence-electron chi connectivity index (χ3n) is 4.76. The number of amides is 1. The van der Waals surface area contributed by atoms with Gasteiger partial charge in [0.05, 0.1) is 6.33 Å². The number of hydrogen-bond acceptors (Lipinski definition) is 5. The van der Waals surface area contributed by atoms with Crippen molar-refractivity contribution in [1.82, 2.24) is 25.2 Å². The van der Waals surface area contributed by atoms with Crippen LogP contribution in [0.4, 0.5) is 5.82 Å². The van der Waals surface area contributed by atoms with E-state index in [2.05, 4.69) is 82.2 Å². The van der Waals surface area contributed by atoms with Crippen LogP contribution in [0, 0.1) is 0 Å². The number of rotatable bonds is 5. The molecule has 0 saturated heterocycles. The van der Waals surface area contributed by atoms with E-state index < -0.39 is 0 Å². The average Bonchev–Trinajstić information content (AvgIpc) is 3.23. The van der Waals surface area contributed by atoms with Gasteiger partial charge in [0, 0.05) is 43.3 Å². The van der Waals surface area contributed by atoms with Crippen LogP contribution in [0.25, 0.3) is 10.9 Å². The molecule has 0 aliphatic carbocycles. The number of para-hydroxylation sites is 1. The molecule has 2 atom stereocenters. The van der Waals surface area contributed by atoms with Crippen molar-refractivity contribution < 1.29 is 4.79 Å². The Morgan fingerprint density at radius 2 is 2.19 bits per heavy atom. The molecule has 0 spiro atoms. The zero-order valence-corrected chi connectivity index (χ0v) is 15.6. The quantitative estimate of drug-likeness (QED) is 0.517. The maximum atomic E-state index is 12.0. The number of hydrogen-bond donors (Lipinski definition) is 4. The Kier molecular flexibility index (Phi) is 4.37. The van der Waals surface area contributed by atoms with Crippen LogP contribution in [0.3, 0.4) is 0 Å². The minimum atomic E-state index is -0.389. The summed E-state index contributed by atoms with van der Waals surface area (Å²) in [5.74, 6) is 0.470. The fourth-order valence-electron chi connectivity index (χ4n) is 3.45. The van der Waals surface area contributed by atoms with Crippen molar-refractivity contribution in [3.8, 4) is 0 Å². The molecule has 3 aromatic rings. The van der Waals surface area contributed by atoms with Gasteiger partial charge in [0.2, 0.25) is 0 Å². The van der Waals surface area contributed by atoms with Gasteiger partial charge in [-0.3, -0.25) is 4.79 Å². The van der Waals surface area contributed by atoms with Crippen LogP contribution < -0.4 is 15.5 Å². The first-order chi connectivity index (χ1) is 12.5. The van der Waals surface area contributed by atoms with Crippen molar-refractivity contribution in [3.63, 3.8) is 0 Å². The van der Waals surface area contributed by atoms with E-state index in [0.29, 0.717) is 18.1 Å². The summed E-state index contributed by atoms with van der Waals surface area (Å²) in [5.41, 5.74) is 2.59. The number of benzene rings is 1. The lowest BCUT2D eigenvalue weighted by Crippen LogP contribution is -2.53. The standard InChI is InChI=1S/C18H22N6OS/c1-11(8-24-16-15(20-10-21-16)17(25)22-18(24)26)19-7-12-9-23(2)14-6-4-3-5-13(12)14/h3-6,9-11,18-19,26H,7-8H2,1-2H3,(H,20,21)(H,22,25). The second-order valence-corrected chi connectivity index (χ2v) is 7.15. The topological polar surface area (TPSA) is 78.0 Å². The van der Waals surface area contributed by atoms with E-state index >= 15 is 0 Å². The summed E-state index contributed by atoms with van der Waals surface area (Å²) in [6.45, 7) is 3.57. The summed E-state index contributed by atoms with van der Waals surface area (Å²) in [6.07, 6.45) is 3.70. The predicted octanol–water partition coefficient (Wildman–Crippen LogP) is 1.84. The molecule has 1 aliphatic rings. The van der Waals surface area contributed by atoms with Gasteiger partial charge in [0.15, 0.2) is 5.82 Å². The lowest BCUT2D eigenvalue weighted by atomic mass is 10.1. The number of nitrogens with one attached hydrogen (secondary N) is 3. The summed E-state index contributed by atoms with van der Waals surface area (Å²) >= 11 is 4.49. The Labute approximate surface area is 157 Å². The fraction of sp³-hybridized carbons (Fsp3) is 0.333. The number of carbonyl (C=O) groups excluding carboxylic acids is 1. The third kappa shape index (κ3) is 2.95. The van der Waals surface area contributed by atoms with Gasteiger partial charge in [0.25, 0.3) is 5.91 Å². The van der Waals surface area contributed by atoms with E-state index in [-0.39, 0.29) is 17.4 Å². The van der Waals surface area contributed by atoms with Crippen molar-refractivity contribution in [1.29, 1.82) is 0 Å². The molecule has 1 amide bonds. The van der Waals surface area contributed by atoms with Gasteiger partial charge in [0.1, 0.15) is 11.2 Å². The first-order valence-electron chi connectivity index (χ1n) is 8.60. The van der Waals surface area contributed by atoms with Crippen molar-refractivity contribution >= 4 is 35.3 Å². The second-order valence-electron chi connectivity index (χ2n) is 6.66. The van der Waals surface area contributed by atoms with Crippen LogP contribution in [0.1, 0.15) is 23.0 Å². The molecule has 136 valence electrons. The van der Waals surface area contributed by atoms with E-state index in [9.17, 15) is 4.79 Å². The van der Waals surface area contributed by atoms with Gasteiger partial charge < -0.3 is 25.1 Å². The molecule has 1 aliphatic heterocycles. The Hall–Kier alpha value is -2.45. The van der Waals surface area contributed by atoms with Gasteiger partial charge in [-0.25, -0.2) is 4.98 Å². The number of aryl methyl sites for hydroxylation is 1. The maximum absolute atomic E-state index is 12.0. The van der Waals surface area contributed by atoms with Gasteiger partial charge in [-0.1, -0.05) is 18.2 Å². The number of nitrogens with zero attached hydrogens (tertiary/aromatic N) is 3. The monoisotopic (exact) mass is 370 g/mol. The zero-order chi connectivity index (χ0) is 18.3. The van der Waals surface area contributed by atoms with Crippen LogP contribution in [0.15, 0.2) is 36.8 Å². The number of fused-ring (bicyclic) bond motifs is 2. The molecule has 4 rings (SSSR count). The fourth-order valence-corrected chi connectivity index (χ4v) is 3.77. The van der Waals surface area contributed by atoms with E-state index in [4.69, 9.17) is 0 Å². The van der Waals surface area contributed by atoms with E-state index in [1.807, 2.05) is 4.90 Å². The molecule has 26 heavy (non-hydrogen) atoms. The van der Waals surface area contributed by atoms with Crippen LogP contribution in [-0.4, -0.2) is 38.5 Å². The molecule has 7 nitrogen and oxygen atoms in total. The molecule has 8 heteroatoms. The molecular formula is C18H22N6OS. The average molecular weight is 370 g/mol. The number of aromatic amines is 1. The van der Waals surface area contributed by atoms with Crippen molar-refractivity contribution in [2.24, 2.45) is 7.05 Å². The van der Waals surface area contributed by atoms with Crippen molar-refractivity contribution in [2.75, 3.05) is 11.4 Å². The second kappa shape index (κ2) is 6.69. The molecule has 0 bridgehead atoms. The van der Waals surface area contributed by atoms with Gasteiger partial charge in [-0.05, 0) is 18.6 Å². The first-order valence-corrected chi connectivity index (χ1v) is 9.11. The third-order valence-corrected chi connectivity index (χ3v) is 5.17. The first kappa shape index (κ1) is 17.0. The SMILES string of the molecule is CC(CN1c2nc[nH]c2C(=O)NC1S)NCc1cn(C)c2ccccc12. The van der Waals surface area contributed by atoms with E-state index in [0.717, 1.165) is 6.54 Å². The Morgan fingerprint density at radius 3 is 3.04 bits per heavy atom. The van der Waals surface area contributed by atoms with Gasteiger partial charge >= 0.3 is 0 Å². The summed E-state index contributed by atoms with van der Waals surface area (Å²) in [7, 11) is 2.07. The molecule has 0 radical (unpaired) electrons.